The van der Waals surface area contributed by atoms with E-state index in [0.717, 1.165) is 193 Å². The third kappa shape index (κ3) is 11.9. The highest BCUT2D eigenvalue weighted by atomic mass is 19.3. The lowest BCUT2D eigenvalue weighted by atomic mass is 9.89. The molecule has 1 aliphatic carbocycles. The number of allylic oxidation sites excluding steroid dienone is 4. The lowest BCUT2D eigenvalue weighted by molar-refractivity contribution is 0.241. The molecule has 0 bridgehead atoms. The Bertz CT molecular complexity index is 7870. The number of benzene rings is 15. The van der Waals surface area contributed by atoms with Crippen molar-refractivity contribution in [3.63, 3.8) is 0 Å². The normalized spacial score (nSPS) is 13.2. The number of ether oxygens (including phenoxy) is 2. The van der Waals surface area contributed by atoms with Gasteiger partial charge in [0.15, 0.2) is 0 Å². The van der Waals surface area contributed by atoms with Gasteiger partial charge in [-0.05, 0) is 234 Å². The van der Waals surface area contributed by atoms with Crippen LogP contribution >= 0.6 is 0 Å². The van der Waals surface area contributed by atoms with Crippen molar-refractivity contribution in [3.8, 4) is 39.4 Å². The third-order valence-electron chi connectivity index (χ3n) is 23.5. The van der Waals surface area contributed by atoms with Crippen molar-refractivity contribution in [2.45, 2.75) is 26.4 Å². The van der Waals surface area contributed by atoms with E-state index in [-0.39, 0.29) is 17.4 Å². The first-order chi connectivity index (χ1) is 58.4. The Morgan fingerprint density at radius 2 is 0.773 bits per heavy atom. The zero-order valence-corrected chi connectivity index (χ0v) is 63.5. The maximum Gasteiger partial charge on any atom is 0.344 e. The zero-order chi connectivity index (χ0) is 79.8. The number of para-hydroxylation sites is 5. The number of nitrogens with zero attached hydrogens (tertiary/aromatic N) is 5. The molecule has 21 aromatic rings. The highest BCUT2D eigenvalue weighted by molar-refractivity contribution is 6.26. The van der Waals surface area contributed by atoms with Crippen molar-refractivity contribution in [2.75, 3.05) is 9.80 Å². The molecule has 6 aromatic heterocycles. The number of anilines is 5. The molecule has 1 aliphatic rings. The summed E-state index contributed by atoms with van der Waals surface area (Å²) >= 11 is 0. The van der Waals surface area contributed by atoms with Crippen LogP contribution in [0, 0.1) is 5.92 Å². The number of fused-ring (bicyclic) bond motifs is 20. The van der Waals surface area contributed by atoms with Gasteiger partial charge in [0.05, 0.1) is 32.8 Å². The molecule has 0 fully saturated rings. The van der Waals surface area contributed by atoms with Gasteiger partial charge in [-0.1, -0.05) is 146 Å². The van der Waals surface area contributed by atoms with Gasteiger partial charge in [-0.15, -0.1) is 0 Å². The number of aromatic nitrogens is 3. The molecule has 15 aromatic carbocycles. The lowest BCUT2D eigenvalue weighted by Crippen LogP contribution is -2.23. The summed E-state index contributed by atoms with van der Waals surface area (Å²) in [5.74, 6) is -0.161. The fraction of sp³-hybridized carbons (Fsp3) is 0.0485. The largest absolute Gasteiger partial charge is 0.456 e. The molecule has 16 heteroatoms. The molecule has 0 spiro atoms. The molecule has 119 heavy (non-hydrogen) atoms. The van der Waals surface area contributed by atoms with E-state index in [1.165, 1.54) is 24.3 Å². The summed E-state index contributed by atoms with van der Waals surface area (Å²) in [4.78, 5) is 4.26. The van der Waals surface area contributed by atoms with E-state index >= 15 is 0 Å². The maximum absolute atomic E-state index is 14.4. The van der Waals surface area contributed by atoms with Crippen LogP contribution < -0.4 is 19.3 Å². The smallest absolute Gasteiger partial charge is 0.344 e. The monoisotopic (exact) mass is 1570 g/mol. The zero-order valence-electron chi connectivity index (χ0n) is 63.5. The van der Waals surface area contributed by atoms with Crippen LogP contribution in [-0.4, -0.2) is 13.7 Å². The van der Waals surface area contributed by atoms with Crippen molar-refractivity contribution in [1.82, 2.24) is 13.7 Å². The van der Waals surface area contributed by atoms with E-state index in [1.54, 1.807) is 24.3 Å². The number of furan rings is 3. The molecule has 0 radical (unpaired) electrons. The second-order valence-electron chi connectivity index (χ2n) is 30.2. The first-order valence-electron chi connectivity index (χ1n) is 39.3. The minimum Gasteiger partial charge on any atom is -0.456 e. The van der Waals surface area contributed by atoms with Gasteiger partial charge in [-0.3, -0.25) is 0 Å². The number of rotatable bonds is 17. The molecule has 6 heterocycles. The number of halogens is 6. The quantitative estimate of drug-likeness (QED) is 0.0664. The molecule has 0 saturated heterocycles. The predicted octanol–water partition coefficient (Wildman–Crippen LogP) is 30.2. The topological polar surface area (TPSA) is 79.2 Å². The minimum atomic E-state index is -2.55. The molecule has 10 nitrogen and oxygen atoms in total. The summed E-state index contributed by atoms with van der Waals surface area (Å²) in [6.45, 7) is 3.27. The summed E-state index contributed by atoms with van der Waals surface area (Å²) in [7, 11) is 0. The Balaban J connectivity index is 0.649. The van der Waals surface area contributed by atoms with Crippen LogP contribution in [0.2, 0.25) is 0 Å². The SMILES string of the molecule is CC1CC=C(c2ccc3c(c2)c2ccc4oc5ccccc5c4c2n3CCn2c3ccc(-c4cccc(N(c5ccc(OC(F)=C(F)F)cc5)c5ccc6oc7ccccc7c6c5)c4)cc3c3ccc4oc5ccccc5c4c32)C=C1N(c1ccc(OC(F)=C(F)F)cc1)c1ccc(-c2ccc3c(c2)c2ccccc2n3-c2ccccc2)cc1. The van der Waals surface area contributed by atoms with Gasteiger partial charge in [0.1, 0.15) is 45.0 Å². The van der Waals surface area contributed by atoms with E-state index in [4.69, 9.17) is 22.7 Å². The average molecular weight is 1570 g/mol. The van der Waals surface area contributed by atoms with Crippen molar-refractivity contribution in [3.05, 3.63) is 369 Å². The Labute approximate surface area is 674 Å². The Morgan fingerprint density at radius 1 is 0.336 bits per heavy atom. The van der Waals surface area contributed by atoms with Crippen LogP contribution in [0.4, 0.5) is 54.8 Å². The second-order valence-corrected chi connectivity index (χ2v) is 30.2. The van der Waals surface area contributed by atoms with Gasteiger partial charge in [-0.25, -0.2) is 0 Å². The predicted molar refractivity (Wildman–Crippen MR) is 467 cm³/mol. The van der Waals surface area contributed by atoms with Crippen LogP contribution in [0.25, 0.3) is 165 Å². The summed E-state index contributed by atoms with van der Waals surface area (Å²) in [5, 5.41) is 12.4. The number of aryl methyl sites for hydroxylation is 2. The lowest BCUT2D eigenvalue weighted by Gasteiger charge is -2.33. The van der Waals surface area contributed by atoms with E-state index < -0.39 is 24.2 Å². The second kappa shape index (κ2) is 28.1. The molecular weight excluding hydrogens is 1500 g/mol. The minimum absolute atomic E-state index is 0.00146. The van der Waals surface area contributed by atoms with Gasteiger partial charge in [-0.2, -0.15) is 26.3 Å². The van der Waals surface area contributed by atoms with Crippen LogP contribution in [0.1, 0.15) is 18.9 Å². The molecule has 0 aliphatic heterocycles. The Hall–Kier alpha value is -15.2. The molecule has 1 atom stereocenters. The molecule has 0 N–H and O–H groups in total. The average Bonchev–Trinajstić information content (AvgIpc) is 1.56. The van der Waals surface area contributed by atoms with Gasteiger partial charge in [0.2, 0.25) is 0 Å². The molecule has 0 amide bonds. The molecule has 22 rings (SSSR count). The van der Waals surface area contributed by atoms with E-state index in [1.807, 2.05) is 78.9 Å². The highest BCUT2D eigenvalue weighted by Crippen LogP contribution is 2.48. The van der Waals surface area contributed by atoms with E-state index in [0.29, 0.717) is 30.8 Å². The molecule has 1 unspecified atom stereocenters. The molecular formula is C103H65F6N5O5. The van der Waals surface area contributed by atoms with E-state index in [2.05, 4.69) is 237 Å². The first kappa shape index (κ1) is 70.5. The fourth-order valence-electron chi connectivity index (χ4n) is 18.1. The number of hydrogen-bond acceptors (Lipinski definition) is 7. The molecule has 0 saturated carbocycles. The Morgan fingerprint density at radius 3 is 1.38 bits per heavy atom. The van der Waals surface area contributed by atoms with Crippen molar-refractivity contribution < 1.29 is 49.1 Å². The Kier molecular flexibility index (Phi) is 16.6. The summed E-state index contributed by atoms with van der Waals surface area (Å²) in [6.07, 6.45) is 0.153. The fourth-order valence-corrected chi connectivity index (χ4v) is 18.1. The third-order valence-corrected chi connectivity index (χ3v) is 23.5. The van der Waals surface area contributed by atoms with Crippen LogP contribution in [-0.2, 0) is 13.1 Å². The number of hydrogen-bond donors (Lipinski definition) is 0. The van der Waals surface area contributed by atoms with Crippen LogP contribution in [0.3, 0.4) is 0 Å². The molecule has 574 valence electrons. The van der Waals surface area contributed by atoms with Gasteiger partial charge >= 0.3 is 24.2 Å². The van der Waals surface area contributed by atoms with Gasteiger partial charge in [0.25, 0.3) is 0 Å². The maximum atomic E-state index is 14.4. The van der Waals surface area contributed by atoms with Crippen molar-refractivity contribution >= 4 is 165 Å². The first-order valence-corrected chi connectivity index (χ1v) is 39.3. The standard InChI is InChI=1S/C103H65F6N5O5/c1-60-26-27-66(58-89(60)113(70-37-42-74(43-38-70)116-103(109)101(106)107)69-33-28-61(29-34-69)63-32-48-88-81(55-63)75-18-5-9-22-87(75)114(88)67-15-3-2-4-16-67)65-31-47-86-83(57-65)78-45-51-95-97(80-21-8-12-25-92(80)119-95)99(78)111(86)53-52-110-85-46-30-64(56-82(85)77-44-50-94-96(98(77)110)79-20-7-11-24-91(79)118-94)62-14-13-17-71(54-62)112(68-35-40-73(41-36-68)115-102(108)100(104)105)72-39-49-93-84(59-72)76-19-6-10-23-90(76)117-93/h2-25,27-51,54-60H,26,52-53H2,1H3. The van der Waals surface area contributed by atoms with Gasteiger partial charge in [0, 0.05) is 124 Å². The summed E-state index contributed by atoms with van der Waals surface area (Å²) in [6, 6.07) is 104. The van der Waals surface area contributed by atoms with Crippen molar-refractivity contribution in [1.29, 1.82) is 0 Å². The van der Waals surface area contributed by atoms with Crippen molar-refractivity contribution in [2.24, 2.45) is 5.92 Å². The summed E-state index contributed by atoms with van der Waals surface area (Å²) < 4.78 is 119. The van der Waals surface area contributed by atoms with Crippen LogP contribution in [0.15, 0.2) is 377 Å². The van der Waals surface area contributed by atoms with Crippen LogP contribution in [0.5, 0.6) is 11.5 Å². The van der Waals surface area contributed by atoms with E-state index in [9.17, 15) is 26.3 Å². The highest BCUT2D eigenvalue weighted by Gasteiger charge is 2.28. The van der Waals surface area contributed by atoms with Gasteiger partial charge < -0.3 is 46.2 Å². The summed E-state index contributed by atoms with van der Waals surface area (Å²) in [5.41, 5.74) is 22.8.